The molecule has 106 valence electrons. The first-order chi connectivity index (χ1) is 10.3. The molecule has 1 unspecified atom stereocenters. The topological polar surface area (TPSA) is 37.8 Å². The van der Waals surface area contributed by atoms with Crippen LogP contribution >= 0.6 is 0 Å². The van der Waals surface area contributed by atoms with E-state index in [0.29, 0.717) is 12.0 Å². The van der Waals surface area contributed by atoms with E-state index >= 15 is 0 Å². The lowest BCUT2D eigenvalue weighted by Gasteiger charge is -2.18. The fraction of sp³-hybridized carbons (Fsp3) is 0.176. The van der Waals surface area contributed by atoms with Gasteiger partial charge in [0.05, 0.1) is 11.0 Å². The van der Waals surface area contributed by atoms with Crippen molar-refractivity contribution in [3.63, 3.8) is 0 Å². The van der Waals surface area contributed by atoms with Gasteiger partial charge < -0.3 is 5.32 Å². The van der Waals surface area contributed by atoms with Crippen LogP contribution in [0.1, 0.15) is 17.2 Å². The summed E-state index contributed by atoms with van der Waals surface area (Å²) >= 11 is 0. The van der Waals surface area contributed by atoms with Gasteiger partial charge in [-0.15, -0.1) is 0 Å². The SMILES string of the molecule is CNC(Cc1ccccc1F)c1cccc2nccnc12. The Hall–Kier alpha value is -2.33. The monoisotopic (exact) mass is 281 g/mol. The van der Waals surface area contributed by atoms with Gasteiger partial charge in [0.15, 0.2) is 0 Å². The highest BCUT2D eigenvalue weighted by atomic mass is 19.1. The molecule has 2 aromatic carbocycles. The molecule has 3 nitrogen and oxygen atoms in total. The van der Waals surface area contributed by atoms with Crippen LogP contribution in [0.3, 0.4) is 0 Å². The predicted octanol–water partition coefficient (Wildman–Crippen LogP) is 3.27. The molecule has 3 aromatic rings. The Balaban J connectivity index is 2.01. The third-order valence-corrected chi connectivity index (χ3v) is 3.64. The Labute approximate surface area is 122 Å². The molecular weight excluding hydrogens is 265 g/mol. The Morgan fingerprint density at radius 1 is 1.05 bits per heavy atom. The van der Waals surface area contributed by atoms with Crippen molar-refractivity contribution < 1.29 is 4.39 Å². The van der Waals surface area contributed by atoms with Crippen LogP contribution in [0.2, 0.25) is 0 Å². The number of rotatable bonds is 4. The molecule has 21 heavy (non-hydrogen) atoms. The minimum atomic E-state index is -0.177. The maximum atomic E-state index is 13.9. The zero-order valence-electron chi connectivity index (χ0n) is 11.8. The van der Waals surface area contributed by atoms with Gasteiger partial charge in [0, 0.05) is 18.4 Å². The molecule has 0 fully saturated rings. The molecule has 1 heterocycles. The lowest BCUT2D eigenvalue weighted by atomic mass is 9.97. The third-order valence-electron chi connectivity index (χ3n) is 3.64. The second kappa shape index (κ2) is 5.97. The number of fused-ring (bicyclic) bond motifs is 1. The molecule has 3 rings (SSSR count). The van der Waals surface area contributed by atoms with E-state index in [1.54, 1.807) is 18.5 Å². The normalized spacial score (nSPS) is 12.5. The summed E-state index contributed by atoms with van der Waals surface area (Å²) in [6.45, 7) is 0. The summed E-state index contributed by atoms with van der Waals surface area (Å²) in [7, 11) is 1.88. The molecule has 0 aliphatic carbocycles. The number of hydrogen-bond donors (Lipinski definition) is 1. The van der Waals surface area contributed by atoms with Crippen molar-refractivity contribution in [2.24, 2.45) is 0 Å². The van der Waals surface area contributed by atoms with Crippen molar-refractivity contribution in [1.82, 2.24) is 15.3 Å². The van der Waals surface area contributed by atoms with Gasteiger partial charge in [-0.25, -0.2) is 4.39 Å². The third kappa shape index (κ3) is 2.76. The van der Waals surface area contributed by atoms with E-state index in [-0.39, 0.29) is 11.9 Å². The van der Waals surface area contributed by atoms with E-state index < -0.39 is 0 Å². The zero-order valence-corrected chi connectivity index (χ0v) is 11.8. The summed E-state index contributed by atoms with van der Waals surface area (Å²) in [6.07, 6.45) is 3.93. The number of halogens is 1. The average molecular weight is 281 g/mol. The van der Waals surface area contributed by atoms with Crippen molar-refractivity contribution in [2.75, 3.05) is 7.05 Å². The quantitative estimate of drug-likeness (QED) is 0.797. The number of benzene rings is 2. The van der Waals surface area contributed by atoms with E-state index in [9.17, 15) is 4.39 Å². The number of nitrogens with zero attached hydrogens (tertiary/aromatic N) is 2. The van der Waals surface area contributed by atoms with Crippen LogP contribution < -0.4 is 5.32 Å². The van der Waals surface area contributed by atoms with Crippen LogP contribution in [0.5, 0.6) is 0 Å². The van der Waals surface area contributed by atoms with Crippen molar-refractivity contribution in [1.29, 1.82) is 0 Å². The van der Waals surface area contributed by atoms with E-state index in [2.05, 4.69) is 15.3 Å². The van der Waals surface area contributed by atoms with E-state index in [1.807, 2.05) is 37.4 Å². The standard InChI is InChI=1S/C17H16FN3/c1-19-16(11-12-5-2-3-7-14(12)18)13-6-4-8-15-17(13)21-10-9-20-15/h2-10,16,19H,11H2,1H3. The fourth-order valence-electron chi connectivity index (χ4n) is 2.55. The molecule has 1 atom stereocenters. The first-order valence-corrected chi connectivity index (χ1v) is 6.90. The van der Waals surface area contributed by atoms with Gasteiger partial charge in [-0.05, 0) is 36.7 Å². The molecular formula is C17H16FN3. The number of hydrogen-bond acceptors (Lipinski definition) is 3. The van der Waals surface area contributed by atoms with E-state index in [0.717, 1.165) is 16.6 Å². The van der Waals surface area contributed by atoms with Gasteiger partial charge in [-0.1, -0.05) is 30.3 Å². The number of nitrogens with one attached hydrogen (secondary N) is 1. The van der Waals surface area contributed by atoms with E-state index in [1.165, 1.54) is 6.07 Å². The molecule has 1 N–H and O–H groups in total. The van der Waals surface area contributed by atoms with Crippen LogP contribution in [-0.4, -0.2) is 17.0 Å². The van der Waals surface area contributed by atoms with Gasteiger partial charge in [0.2, 0.25) is 0 Å². The summed E-state index contributed by atoms with van der Waals surface area (Å²) in [5.41, 5.74) is 3.43. The molecule has 4 heteroatoms. The van der Waals surface area contributed by atoms with Gasteiger partial charge in [-0.2, -0.15) is 0 Å². The second-order valence-corrected chi connectivity index (χ2v) is 4.91. The lowest BCUT2D eigenvalue weighted by Crippen LogP contribution is -2.20. The van der Waals surface area contributed by atoms with Crippen molar-refractivity contribution in [3.05, 3.63) is 71.8 Å². The first-order valence-electron chi connectivity index (χ1n) is 6.90. The molecule has 0 saturated heterocycles. The van der Waals surface area contributed by atoms with Crippen LogP contribution in [0.4, 0.5) is 4.39 Å². The summed E-state index contributed by atoms with van der Waals surface area (Å²) in [6, 6.07) is 12.8. The summed E-state index contributed by atoms with van der Waals surface area (Å²) in [5, 5.41) is 3.25. The van der Waals surface area contributed by atoms with Crippen LogP contribution in [-0.2, 0) is 6.42 Å². The summed E-state index contributed by atoms with van der Waals surface area (Å²) in [4.78, 5) is 8.74. The van der Waals surface area contributed by atoms with Crippen molar-refractivity contribution in [3.8, 4) is 0 Å². The minimum absolute atomic E-state index is 0.0118. The molecule has 0 saturated carbocycles. The molecule has 0 spiro atoms. The number of aromatic nitrogens is 2. The van der Waals surface area contributed by atoms with Gasteiger partial charge in [0.1, 0.15) is 5.82 Å². The largest absolute Gasteiger partial charge is 0.313 e. The summed E-state index contributed by atoms with van der Waals surface area (Å²) < 4.78 is 13.9. The number of para-hydroxylation sites is 1. The average Bonchev–Trinajstić information content (AvgIpc) is 2.54. The molecule has 0 aliphatic heterocycles. The fourth-order valence-corrected chi connectivity index (χ4v) is 2.55. The Kier molecular flexibility index (Phi) is 3.88. The Morgan fingerprint density at radius 2 is 1.86 bits per heavy atom. The van der Waals surface area contributed by atoms with Gasteiger partial charge in [-0.3, -0.25) is 9.97 Å². The predicted molar refractivity (Wildman–Crippen MR) is 81.4 cm³/mol. The smallest absolute Gasteiger partial charge is 0.126 e. The highest BCUT2D eigenvalue weighted by Crippen LogP contribution is 2.24. The first kappa shape index (κ1) is 13.6. The van der Waals surface area contributed by atoms with E-state index in [4.69, 9.17) is 0 Å². The lowest BCUT2D eigenvalue weighted by molar-refractivity contribution is 0.556. The molecule has 0 amide bonds. The van der Waals surface area contributed by atoms with Crippen molar-refractivity contribution >= 4 is 11.0 Å². The zero-order chi connectivity index (χ0) is 14.7. The molecule has 0 aliphatic rings. The Bertz CT molecular complexity index is 752. The van der Waals surface area contributed by atoms with Crippen LogP contribution in [0.25, 0.3) is 11.0 Å². The van der Waals surface area contributed by atoms with Crippen LogP contribution in [0.15, 0.2) is 54.9 Å². The summed E-state index contributed by atoms with van der Waals surface area (Å²) in [5.74, 6) is -0.177. The minimum Gasteiger partial charge on any atom is -0.313 e. The van der Waals surface area contributed by atoms with Crippen molar-refractivity contribution in [2.45, 2.75) is 12.5 Å². The Morgan fingerprint density at radius 3 is 2.67 bits per heavy atom. The van der Waals surface area contributed by atoms with Crippen LogP contribution in [0, 0.1) is 5.82 Å². The molecule has 0 radical (unpaired) electrons. The maximum absolute atomic E-state index is 13.9. The second-order valence-electron chi connectivity index (χ2n) is 4.91. The molecule has 1 aromatic heterocycles. The molecule has 0 bridgehead atoms. The number of likely N-dealkylation sites (N-methyl/N-ethyl adjacent to an activating group) is 1. The highest BCUT2D eigenvalue weighted by Gasteiger charge is 2.16. The van der Waals surface area contributed by atoms with Gasteiger partial charge in [0.25, 0.3) is 0 Å². The maximum Gasteiger partial charge on any atom is 0.126 e. The highest BCUT2D eigenvalue weighted by molar-refractivity contribution is 5.78. The van der Waals surface area contributed by atoms with Gasteiger partial charge >= 0.3 is 0 Å².